The number of nitrogens with one attached hydrogen (secondary N) is 3. The molecule has 0 aliphatic carbocycles. The molecule has 2 aromatic rings. The molecular formula is C25H30N4O6. The number of rotatable bonds is 10. The van der Waals surface area contributed by atoms with Gasteiger partial charge in [-0.05, 0) is 62.1 Å². The van der Waals surface area contributed by atoms with Gasteiger partial charge < -0.3 is 24.8 Å². The van der Waals surface area contributed by atoms with Gasteiger partial charge in [0.05, 0.1) is 18.9 Å². The summed E-state index contributed by atoms with van der Waals surface area (Å²) >= 11 is 0. The van der Waals surface area contributed by atoms with Gasteiger partial charge in [-0.25, -0.2) is 5.43 Å². The van der Waals surface area contributed by atoms with E-state index in [0.717, 1.165) is 24.1 Å². The number of benzene rings is 2. The summed E-state index contributed by atoms with van der Waals surface area (Å²) in [5.74, 6) is -1.14. The predicted octanol–water partition coefficient (Wildman–Crippen LogP) is 2.16. The Morgan fingerprint density at radius 2 is 1.94 bits per heavy atom. The van der Waals surface area contributed by atoms with Crippen LogP contribution in [0, 0.1) is 6.92 Å². The van der Waals surface area contributed by atoms with Crippen molar-refractivity contribution in [3.63, 3.8) is 0 Å². The third-order valence-electron chi connectivity index (χ3n) is 5.15. The van der Waals surface area contributed by atoms with Gasteiger partial charge in [0.2, 0.25) is 0 Å². The predicted molar refractivity (Wildman–Crippen MR) is 131 cm³/mol. The third-order valence-corrected chi connectivity index (χ3v) is 5.15. The van der Waals surface area contributed by atoms with Crippen LogP contribution in [-0.4, -0.2) is 56.4 Å². The Bertz CT molecular complexity index is 1070. The first-order valence-electron chi connectivity index (χ1n) is 11.4. The van der Waals surface area contributed by atoms with E-state index >= 15 is 0 Å². The van der Waals surface area contributed by atoms with E-state index in [9.17, 15) is 14.4 Å². The lowest BCUT2D eigenvalue weighted by molar-refractivity contribution is -0.139. The Hall–Kier alpha value is -3.92. The van der Waals surface area contributed by atoms with Gasteiger partial charge in [0.25, 0.3) is 5.91 Å². The molecule has 3 N–H and O–H groups in total. The maximum absolute atomic E-state index is 12.3. The number of hydrogen-bond donors (Lipinski definition) is 3. The van der Waals surface area contributed by atoms with E-state index in [1.165, 1.54) is 6.21 Å². The summed E-state index contributed by atoms with van der Waals surface area (Å²) in [5.41, 5.74) is 4.47. The van der Waals surface area contributed by atoms with Gasteiger partial charge in [0.1, 0.15) is 0 Å². The van der Waals surface area contributed by atoms with E-state index in [0.29, 0.717) is 30.3 Å². The van der Waals surface area contributed by atoms with Crippen LogP contribution in [0.5, 0.6) is 11.5 Å². The van der Waals surface area contributed by atoms with Gasteiger partial charge in [-0.3, -0.25) is 14.4 Å². The molecule has 1 aliphatic rings. The Balaban J connectivity index is 1.51. The number of aryl methyl sites for hydroxylation is 1. The summed E-state index contributed by atoms with van der Waals surface area (Å²) in [7, 11) is 0. The summed E-state index contributed by atoms with van der Waals surface area (Å²) < 4.78 is 16.7. The summed E-state index contributed by atoms with van der Waals surface area (Å²) in [4.78, 5) is 36.0. The normalized spacial score (nSPS) is 15.0. The molecule has 3 rings (SSSR count). The maximum Gasteiger partial charge on any atom is 0.329 e. The number of hydrazone groups is 1. The lowest BCUT2D eigenvalue weighted by Crippen LogP contribution is -2.41. The van der Waals surface area contributed by atoms with Crippen molar-refractivity contribution in [3.05, 3.63) is 53.6 Å². The molecule has 10 heteroatoms. The molecule has 1 heterocycles. The van der Waals surface area contributed by atoms with Crippen LogP contribution in [-0.2, 0) is 19.1 Å². The average molecular weight is 483 g/mol. The molecule has 0 aromatic heterocycles. The highest BCUT2D eigenvalue weighted by molar-refractivity contribution is 6.35. The van der Waals surface area contributed by atoms with Crippen molar-refractivity contribution in [2.75, 3.05) is 31.7 Å². The number of para-hydroxylation sites is 1. The molecule has 0 saturated carbocycles. The SMILES string of the molecule is CCOc1cc(/C=N\NC(=O)C(=O)NC[C@@H]2CCCO2)ccc1OCC(=O)Nc1ccccc1C. The zero-order valence-electron chi connectivity index (χ0n) is 19.8. The van der Waals surface area contributed by atoms with Crippen molar-refractivity contribution in [1.29, 1.82) is 0 Å². The summed E-state index contributed by atoms with van der Waals surface area (Å²) in [6, 6.07) is 12.5. The van der Waals surface area contributed by atoms with Crippen LogP contribution < -0.4 is 25.5 Å². The number of carbonyl (C=O) groups excluding carboxylic acids is 3. The minimum atomic E-state index is -0.871. The fraction of sp³-hybridized carbons (Fsp3) is 0.360. The van der Waals surface area contributed by atoms with Crippen LogP contribution in [0.3, 0.4) is 0 Å². The minimum Gasteiger partial charge on any atom is -0.490 e. The Kier molecular flexibility index (Phi) is 9.61. The van der Waals surface area contributed by atoms with Crippen LogP contribution in [0.4, 0.5) is 5.69 Å². The summed E-state index contributed by atoms with van der Waals surface area (Å²) in [6.45, 7) is 4.88. The molecule has 0 unspecified atom stereocenters. The molecule has 186 valence electrons. The molecule has 1 fully saturated rings. The molecule has 1 atom stereocenters. The van der Waals surface area contributed by atoms with Crippen molar-refractivity contribution in [2.24, 2.45) is 5.10 Å². The van der Waals surface area contributed by atoms with E-state index in [2.05, 4.69) is 21.2 Å². The molecule has 0 bridgehead atoms. The van der Waals surface area contributed by atoms with Gasteiger partial charge in [0, 0.05) is 18.8 Å². The molecule has 3 amide bonds. The van der Waals surface area contributed by atoms with Gasteiger partial charge in [-0.15, -0.1) is 0 Å². The molecule has 1 aliphatic heterocycles. The largest absolute Gasteiger partial charge is 0.490 e. The lowest BCUT2D eigenvalue weighted by Gasteiger charge is -2.13. The van der Waals surface area contributed by atoms with Gasteiger partial charge >= 0.3 is 11.8 Å². The fourth-order valence-corrected chi connectivity index (χ4v) is 3.34. The number of nitrogens with zero attached hydrogens (tertiary/aromatic N) is 1. The second-order valence-electron chi connectivity index (χ2n) is 7.84. The van der Waals surface area contributed by atoms with Crippen molar-refractivity contribution in [1.82, 2.24) is 10.7 Å². The van der Waals surface area contributed by atoms with Crippen LogP contribution in [0.2, 0.25) is 0 Å². The first kappa shape index (κ1) is 25.7. The van der Waals surface area contributed by atoms with Gasteiger partial charge in [-0.1, -0.05) is 18.2 Å². The highest BCUT2D eigenvalue weighted by Crippen LogP contribution is 2.28. The third kappa shape index (κ3) is 8.11. The van der Waals surface area contributed by atoms with Crippen LogP contribution in [0.25, 0.3) is 0 Å². The molecule has 0 spiro atoms. The van der Waals surface area contributed by atoms with Crippen molar-refractivity contribution in [2.45, 2.75) is 32.8 Å². The quantitative estimate of drug-likeness (QED) is 0.271. The second-order valence-corrected chi connectivity index (χ2v) is 7.84. The number of ether oxygens (including phenoxy) is 3. The molecule has 2 aromatic carbocycles. The van der Waals surface area contributed by atoms with Crippen LogP contribution >= 0.6 is 0 Å². The number of anilines is 1. The molecule has 0 radical (unpaired) electrons. The number of carbonyl (C=O) groups is 3. The monoisotopic (exact) mass is 482 g/mol. The van der Waals surface area contributed by atoms with E-state index in [1.807, 2.05) is 38.1 Å². The standard InChI is InChI=1S/C25H30N4O6/c1-3-33-22-13-18(14-27-29-25(32)24(31)26-15-19-8-6-12-34-19)10-11-21(22)35-16-23(30)28-20-9-5-4-7-17(20)2/h4-5,7,9-11,13-14,19H,3,6,8,12,15-16H2,1-2H3,(H,26,31)(H,28,30)(H,29,32)/b27-14-/t19-/m0/s1. The highest BCUT2D eigenvalue weighted by atomic mass is 16.5. The first-order chi connectivity index (χ1) is 17.0. The molecular weight excluding hydrogens is 452 g/mol. The molecule has 10 nitrogen and oxygen atoms in total. The topological polar surface area (TPSA) is 127 Å². The van der Waals surface area contributed by atoms with Crippen LogP contribution in [0.1, 0.15) is 30.9 Å². The lowest BCUT2D eigenvalue weighted by atomic mass is 10.2. The van der Waals surface area contributed by atoms with Gasteiger partial charge in [0.15, 0.2) is 18.1 Å². The fourth-order valence-electron chi connectivity index (χ4n) is 3.34. The smallest absolute Gasteiger partial charge is 0.329 e. The zero-order chi connectivity index (χ0) is 25.0. The molecule has 35 heavy (non-hydrogen) atoms. The number of hydrogen-bond acceptors (Lipinski definition) is 7. The van der Waals surface area contributed by atoms with Crippen LogP contribution in [0.15, 0.2) is 47.6 Å². The maximum atomic E-state index is 12.3. The Labute approximate surface area is 204 Å². The van der Waals surface area contributed by atoms with Crippen molar-refractivity contribution in [3.8, 4) is 11.5 Å². The van der Waals surface area contributed by atoms with Crippen molar-refractivity contribution < 1.29 is 28.6 Å². The van der Waals surface area contributed by atoms with E-state index in [1.54, 1.807) is 18.2 Å². The second kappa shape index (κ2) is 13.1. The first-order valence-corrected chi connectivity index (χ1v) is 11.4. The van der Waals surface area contributed by atoms with E-state index in [-0.39, 0.29) is 25.2 Å². The van der Waals surface area contributed by atoms with Gasteiger partial charge in [-0.2, -0.15) is 5.10 Å². The average Bonchev–Trinajstić information content (AvgIpc) is 3.37. The molecule has 1 saturated heterocycles. The Morgan fingerprint density at radius 1 is 1.11 bits per heavy atom. The van der Waals surface area contributed by atoms with E-state index < -0.39 is 11.8 Å². The van der Waals surface area contributed by atoms with Crippen molar-refractivity contribution >= 4 is 29.6 Å². The van der Waals surface area contributed by atoms with E-state index in [4.69, 9.17) is 14.2 Å². The number of amides is 3. The minimum absolute atomic E-state index is 0.0542. The summed E-state index contributed by atoms with van der Waals surface area (Å²) in [6.07, 6.45) is 3.13. The zero-order valence-corrected chi connectivity index (χ0v) is 19.8. The summed E-state index contributed by atoms with van der Waals surface area (Å²) in [5, 5.41) is 9.16. The highest BCUT2D eigenvalue weighted by Gasteiger charge is 2.19. The Morgan fingerprint density at radius 3 is 2.69 bits per heavy atom.